The maximum absolute atomic E-state index is 12.1. The first-order valence-electron chi connectivity index (χ1n) is 7.39. The quantitative estimate of drug-likeness (QED) is 0.663. The van der Waals surface area contributed by atoms with E-state index in [9.17, 15) is 8.78 Å². The molecule has 0 bridgehead atoms. The van der Waals surface area contributed by atoms with Gasteiger partial charge in [-0.3, -0.25) is 0 Å². The minimum atomic E-state index is -2.83. The van der Waals surface area contributed by atoms with E-state index >= 15 is 0 Å². The summed E-state index contributed by atoms with van der Waals surface area (Å²) in [4.78, 5) is 1.20. The van der Waals surface area contributed by atoms with Crippen molar-refractivity contribution in [1.82, 2.24) is 5.32 Å². The highest BCUT2D eigenvalue weighted by atomic mass is 32.1. The molecule has 5 nitrogen and oxygen atoms in total. The Morgan fingerprint density at radius 1 is 1.25 bits per heavy atom. The summed E-state index contributed by atoms with van der Waals surface area (Å²) in [5.41, 5.74) is 0.681. The fourth-order valence-corrected chi connectivity index (χ4v) is 2.37. The van der Waals surface area contributed by atoms with E-state index < -0.39 is 6.61 Å². The molecule has 24 heavy (non-hydrogen) atoms. The average Bonchev–Trinajstić information content (AvgIpc) is 3.02. The van der Waals surface area contributed by atoms with E-state index in [1.165, 1.54) is 17.0 Å². The van der Waals surface area contributed by atoms with Crippen LogP contribution in [0.4, 0.5) is 14.5 Å². The molecule has 2 rings (SSSR count). The van der Waals surface area contributed by atoms with Crippen LogP contribution in [0.1, 0.15) is 11.8 Å². The summed E-state index contributed by atoms with van der Waals surface area (Å²) in [6.45, 7) is -2.24. The lowest BCUT2D eigenvalue weighted by Crippen LogP contribution is -3.07. The molecule has 1 heterocycles. The first-order valence-corrected chi connectivity index (χ1v) is 7.79. The van der Waals surface area contributed by atoms with E-state index in [4.69, 9.17) is 16.6 Å². The minimum Gasteiger partial charge on any atom is -0.463 e. The fraction of sp³-hybridized carbons (Fsp3) is 0.312. The van der Waals surface area contributed by atoms with Crippen molar-refractivity contribution in [1.29, 1.82) is 0 Å². The number of alkyl halides is 2. The van der Waals surface area contributed by atoms with Crippen LogP contribution < -0.4 is 20.3 Å². The molecule has 130 valence electrons. The van der Waals surface area contributed by atoms with Crippen LogP contribution in [0.15, 0.2) is 47.1 Å². The number of benzene rings is 1. The monoisotopic (exact) mass is 356 g/mol. The summed E-state index contributed by atoms with van der Waals surface area (Å²) in [6, 6.07) is 10.0. The molecule has 0 radical (unpaired) electrons. The van der Waals surface area contributed by atoms with E-state index in [1.807, 2.05) is 26.2 Å². The molecule has 0 aliphatic rings. The van der Waals surface area contributed by atoms with E-state index in [1.54, 1.807) is 18.4 Å². The molecular weight excluding hydrogens is 336 g/mol. The van der Waals surface area contributed by atoms with Gasteiger partial charge in [0.05, 0.1) is 26.9 Å². The minimum absolute atomic E-state index is 0.100. The second-order valence-electron chi connectivity index (χ2n) is 5.38. The Labute approximate surface area is 144 Å². The van der Waals surface area contributed by atoms with Gasteiger partial charge in [-0.05, 0) is 48.6 Å². The van der Waals surface area contributed by atoms with Crippen LogP contribution in [0.25, 0.3) is 0 Å². The van der Waals surface area contributed by atoms with Crippen LogP contribution in [-0.4, -0.2) is 32.4 Å². The van der Waals surface area contributed by atoms with E-state index in [0.717, 1.165) is 5.76 Å². The number of likely N-dealkylation sites (N-methyl/N-ethyl adjacent to an activating group) is 1. The van der Waals surface area contributed by atoms with Crippen LogP contribution in [-0.2, 0) is 0 Å². The standard InChI is InChI=1S/C16H19F2N3O2S/c1-21(2)13(14-4-3-9-22-14)10-19-16(24)20-11-5-7-12(8-6-11)23-15(17)18/h3-9,13,15H,10H2,1-2H3,(H2,19,20,24)/p+1/t13-/m1/s1. The summed E-state index contributed by atoms with van der Waals surface area (Å²) in [7, 11) is 4.07. The summed E-state index contributed by atoms with van der Waals surface area (Å²) in [5, 5.41) is 6.58. The molecular formula is C16H20F2N3O2S+. The average molecular weight is 356 g/mol. The first-order chi connectivity index (χ1) is 11.5. The molecule has 0 amide bonds. The highest BCUT2D eigenvalue weighted by molar-refractivity contribution is 7.80. The molecule has 1 aromatic carbocycles. The number of furan rings is 1. The maximum atomic E-state index is 12.1. The van der Waals surface area contributed by atoms with Crippen molar-refractivity contribution in [2.75, 3.05) is 26.0 Å². The molecule has 3 N–H and O–H groups in total. The Morgan fingerprint density at radius 2 is 1.96 bits per heavy atom. The first kappa shape index (κ1) is 18.2. The summed E-state index contributed by atoms with van der Waals surface area (Å²) < 4.78 is 34.0. The molecule has 0 aliphatic heterocycles. The Morgan fingerprint density at radius 3 is 2.50 bits per heavy atom. The van der Waals surface area contributed by atoms with Gasteiger partial charge in [-0.2, -0.15) is 8.78 Å². The van der Waals surface area contributed by atoms with E-state index in [2.05, 4.69) is 15.4 Å². The maximum Gasteiger partial charge on any atom is 0.387 e. The number of anilines is 1. The van der Waals surface area contributed by atoms with Crippen LogP contribution in [0.2, 0.25) is 0 Å². The van der Waals surface area contributed by atoms with Crippen molar-refractivity contribution in [2.24, 2.45) is 0 Å². The normalized spacial score (nSPS) is 12.2. The smallest absolute Gasteiger partial charge is 0.387 e. The zero-order valence-corrected chi connectivity index (χ0v) is 14.2. The molecule has 0 saturated heterocycles. The van der Waals surface area contributed by atoms with Crippen LogP contribution in [0, 0.1) is 0 Å². The number of ether oxygens (including phenoxy) is 1. The molecule has 1 aromatic heterocycles. The molecule has 0 saturated carbocycles. The Bertz CT molecular complexity index is 633. The molecule has 1 atom stereocenters. The third-order valence-corrected chi connectivity index (χ3v) is 3.63. The van der Waals surface area contributed by atoms with Crippen molar-refractivity contribution in [3.63, 3.8) is 0 Å². The van der Waals surface area contributed by atoms with Gasteiger partial charge in [-0.25, -0.2) is 0 Å². The number of quaternary nitrogens is 1. The van der Waals surface area contributed by atoms with Crippen molar-refractivity contribution in [2.45, 2.75) is 12.7 Å². The van der Waals surface area contributed by atoms with Crippen molar-refractivity contribution in [3.8, 4) is 5.75 Å². The summed E-state index contributed by atoms with van der Waals surface area (Å²) >= 11 is 5.26. The molecule has 0 spiro atoms. The second-order valence-corrected chi connectivity index (χ2v) is 5.79. The highest BCUT2D eigenvalue weighted by Gasteiger charge is 2.20. The molecule has 8 heteroatoms. The van der Waals surface area contributed by atoms with Gasteiger partial charge in [0.2, 0.25) is 0 Å². The summed E-state index contributed by atoms with van der Waals surface area (Å²) in [6.07, 6.45) is 1.64. The lowest BCUT2D eigenvalue weighted by atomic mass is 10.2. The van der Waals surface area contributed by atoms with Gasteiger partial charge in [0, 0.05) is 5.69 Å². The van der Waals surface area contributed by atoms with Gasteiger partial charge < -0.3 is 24.7 Å². The van der Waals surface area contributed by atoms with Gasteiger partial charge in [0.1, 0.15) is 5.75 Å². The number of thiocarbonyl (C=S) groups is 1. The molecule has 2 aromatic rings. The van der Waals surface area contributed by atoms with E-state index in [0.29, 0.717) is 17.3 Å². The summed E-state index contributed by atoms with van der Waals surface area (Å²) in [5.74, 6) is 0.974. The third kappa shape index (κ3) is 5.47. The molecule has 0 fully saturated rings. The van der Waals surface area contributed by atoms with Gasteiger partial charge in [0.25, 0.3) is 0 Å². The largest absolute Gasteiger partial charge is 0.463 e. The zero-order chi connectivity index (χ0) is 17.5. The Hall–Kier alpha value is -2.19. The van der Waals surface area contributed by atoms with Crippen LogP contribution in [0.5, 0.6) is 5.75 Å². The number of hydrogen-bond acceptors (Lipinski definition) is 3. The predicted molar refractivity (Wildman–Crippen MR) is 91.6 cm³/mol. The van der Waals surface area contributed by atoms with E-state index in [-0.39, 0.29) is 11.8 Å². The van der Waals surface area contributed by atoms with Crippen LogP contribution >= 0.6 is 12.2 Å². The lowest BCUT2D eigenvalue weighted by Gasteiger charge is -2.20. The molecule has 0 aliphatic carbocycles. The van der Waals surface area contributed by atoms with Gasteiger partial charge in [-0.15, -0.1) is 0 Å². The van der Waals surface area contributed by atoms with Gasteiger partial charge in [0.15, 0.2) is 16.9 Å². The number of rotatable bonds is 7. The van der Waals surface area contributed by atoms with Crippen molar-refractivity contribution in [3.05, 3.63) is 48.4 Å². The number of nitrogens with one attached hydrogen (secondary N) is 3. The number of hydrogen-bond donors (Lipinski definition) is 3. The highest BCUT2D eigenvalue weighted by Crippen LogP contribution is 2.17. The predicted octanol–water partition coefficient (Wildman–Crippen LogP) is 2.05. The number of halogens is 2. The fourth-order valence-electron chi connectivity index (χ4n) is 2.17. The molecule has 0 unspecified atom stereocenters. The second kappa shape index (κ2) is 8.60. The van der Waals surface area contributed by atoms with Crippen molar-refractivity contribution >= 4 is 23.0 Å². The SMILES string of the molecule is C[NH+](C)[C@H](CNC(=S)Nc1ccc(OC(F)F)cc1)c1ccco1. The van der Waals surface area contributed by atoms with Gasteiger partial charge >= 0.3 is 6.61 Å². The van der Waals surface area contributed by atoms with Gasteiger partial charge in [-0.1, -0.05) is 0 Å². The van der Waals surface area contributed by atoms with Crippen molar-refractivity contribution < 1.29 is 22.8 Å². The Balaban J connectivity index is 1.86. The Kier molecular flexibility index (Phi) is 6.51. The topological polar surface area (TPSA) is 50.9 Å². The van der Waals surface area contributed by atoms with Crippen LogP contribution in [0.3, 0.4) is 0 Å². The third-order valence-electron chi connectivity index (χ3n) is 3.39. The zero-order valence-electron chi connectivity index (χ0n) is 13.4. The lowest BCUT2D eigenvalue weighted by molar-refractivity contribution is -0.891.